The number of ether oxygens (including phenoxy) is 2. The second kappa shape index (κ2) is 10.2. The Kier molecular flexibility index (Phi) is 7.67. The number of methoxy groups -OCH3 is 1. The molecule has 0 saturated carbocycles. The SMILES string of the molecule is COc1ccc(OCCC(=O)NCc2ccc(NC(=O)C(C)C)cc2)cc1. The molecule has 0 unspecified atom stereocenters. The van der Waals surface area contributed by atoms with Gasteiger partial charge in [0.25, 0.3) is 0 Å². The second-order valence-electron chi connectivity index (χ2n) is 6.39. The maximum atomic E-state index is 11.9. The predicted molar refractivity (Wildman–Crippen MR) is 105 cm³/mol. The summed E-state index contributed by atoms with van der Waals surface area (Å²) in [5.74, 6) is 1.29. The van der Waals surface area contributed by atoms with Gasteiger partial charge in [-0.05, 0) is 42.0 Å². The van der Waals surface area contributed by atoms with Gasteiger partial charge in [-0.2, -0.15) is 0 Å². The Morgan fingerprint density at radius 3 is 2.19 bits per heavy atom. The lowest BCUT2D eigenvalue weighted by Gasteiger charge is -2.10. The molecule has 0 atom stereocenters. The van der Waals surface area contributed by atoms with Crippen LogP contribution in [-0.2, 0) is 16.1 Å². The number of benzene rings is 2. The van der Waals surface area contributed by atoms with Crippen LogP contribution in [0.1, 0.15) is 25.8 Å². The van der Waals surface area contributed by atoms with Crippen LogP contribution >= 0.6 is 0 Å². The van der Waals surface area contributed by atoms with E-state index < -0.39 is 0 Å². The third-order valence-corrected chi connectivity index (χ3v) is 3.89. The van der Waals surface area contributed by atoms with Crippen molar-refractivity contribution < 1.29 is 19.1 Å². The Morgan fingerprint density at radius 2 is 1.59 bits per heavy atom. The fraction of sp³-hybridized carbons (Fsp3) is 0.333. The summed E-state index contributed by atoms with van der Waals surface area (Å²) in [6, 6.07) is 14.6. The highest BCUT2D eigenvalue weighted by Crippen LogP contribution is 2.17. The van der Waals surface area contributed by atoms with Crippen LogP contribution in [0.25, 0.3) is 0 Å². The van der Waals surface area contributed by atoms with Gasteiger partial charge in [-0.15, -0.1) is 0 Å². The van der Waals surface area contributed by atoms with Crippen LogP contribution in [0.15, 0.2) is 48.5 Å². The number of nitrogens with one attached hydrogen (secondary N) is 2. The van der Waals surface area contributed by atoms with E-state index in [1.54, 1.807) is 19.2 Å². The van der Waals surface area contributed by atoms with Crippen LogP contribution in [0.5, 0.6) is 11.5 Å². The first-order valence-electron chi connectivity index (χ1n) is 8.91. The van der Waals surface area contributed by atoms with Gasteiger partial charge in [-0.25, -0.2) is 0 Å². The van der Waals surface area contributed by atoms with E-state index in [2.05, 4.69) is 10.6 Å². The molecule has 2 N–H and O–H groups in total. The highest BCUT2D eigenvalue weighted by molar-refractivity contribution is 5.92. The highest BCUT2D eigenvalue weighted by atomic mass is 16.5. The molecule has 2 amide bonds. The Hall–Kier alpha value is -3.02. The van der Waals surface area contributed by atoms with Crippen molar-refractivity contribution in [3.05, 3.63) is 54.1 Å². The zero-order valence-corrected chi connectivity index (χ0v) is 16.0. The molecule has 0 aliphatic heterocycles. The number of amides is 2. The van der Waals surface area contributed by atoms with Crippen LogP contribution in [-0.4, -0.2) is 25.5 Å². The second-order valence-corrected chi connectivity index (χ2v) is 6.39. The third-order valence-electron chi connectivity index (χ3n) is 3.89. The summed E-state index contributed by atoms with van der Waals surface area (Å²) < 4.78 is 10.6. The van der Waals surface area contributed by atoms with Crippen LogP contribution < -0.4 is 20.1 Å². The standard InChI is InChI=1S/C21H26N2O4/c1-15(2)21(25)23-17-6-4-16(5-7-17)14-22-20(24)12-13-27-19-10-8-18(26-3)9-11-19/h4-11,15H,12-14H2,1-3H3,(H,22,24)(H,23,25). The zero-order valence-electron chi connectivity index (χ0n) is 16.0. The minimum atomic E-state index is -0.0827. The minimum Gasteiger partial charge on any atom is -0.497 e. The summed E-state index contributed by atoms with van der Waals surface area (Å²) >= 11 is 0. The average molecular weight is 370 g/mol. The summed E-state index contributed by atoms with van der Waals surface area (Å²) in [4.78, 5) is 23.6. The van der Waals surface area contributed by atoms with Crippen molar-refractivity contribution in [1.82, 2.24) is 5.32 Å². The quantitative estimate of drug-likeness (QED) is 0.709. The first-order valence-corrected chi connectivity index (χ1v) is 8.91. The van der Waals surface area contributed by atoms with Crippen molar-refractivity contribution in [2.24, 2.45) is 5.92 Å². The normalized spacial score (nSPS) is 10.4. The smallest absolute Gasteiger partial charge is 0.226 e. The molecule has 0 fully saturated rings. The Labute approximate surface area is 159 Å². The lowest BCUT2D eigenvalue weighted by atomic mass is 10.1. The summed E-state index contributed by atoms with van der Waals surface area (Å²) in [7, 11) is 1.61. The molecule has 0 aromatic heterocycles. The first kappa shape index (κ1) is 20.3. The van der Waals surface area contributed by atoms with Crippen molar-refractivity contribution in [2.75, 3.05) is 19.0 Å². The van der Waals surface area contributed by atoms with Crippen molar-refractivity contribution >= 4 is 17.5 Å². The number of anilines is 1. The molecule has 27 heavy (non-hydrogen) atoms. The molecule has 0 bridgehead atoms. The third kappa shape index (κ3) is 7.01. The molecule has 6 heteroatoms. The number of carbonyl (C=O) groups excluding carboxylic acids is 2. The molecule has 0 spiro atoms. The topological polar surface area (TPSA) is 76.7 Å². The predicted octanol–water partition coefficient (Wildman–Crippen LogP) is 3.38. The number of hydrogen-bond acceptors (Lipinski definition) is 4. The minimum absolute atomic E-state index is 0.0205. The fourth-order valence-corrected chi connectivity index (χ4v) is 2.22. The van der Waals surface area contributed by atoms with E-state index in [9.17, 15) is 9.59 Å². The highest BCUT2D eigenvalue weighted by Gasteiger charge is 2.07. The number of hydrogen-bond donors (Lipinski definition) is 2. The van der Waals surface area contributed by atoms with E-state index in [0.29, 0.717) is 18.9 Å². The zero-order chi connectivity index (χ0) is 19.6. The number of rotatable bonds is 9. The van der Waals surface area contributed by atoms with Gasteiger partial charge in [0.15, 0.2) is 0 Å². The van der Waals surface area contributed by atoms with Crippen LogP contribution in [0.2, 0.25) is 0 Å². The lowest BCUT2D eigenvalue weighted by molar-refractivity contribution is -0.121. The molecule has 2 aromatic carbocycles. The molecule has 144 valence electrons. The fourth-order valence-electron chi connectivity index (χ4n) is 2.22. The lowest BCUT2D eigenvalue weighted by Crippen LogP contribution is -2.24. The molecule has 2 aromatic rings. The van der Waals surface area contributed by atoms with Gasteiger partial charge in [-0.1, -0.05) is 26.0 Å². The molecule has 0 radical (unpaired) electrons. The maximum absolute atomic E-state index is 11.9. The van der Waals surface area contributed by atoms with Crippen molar-refractivity contribution in [3.63, 3.8) is 0 Å². The van der Waals surface area contributed by atoms with E-state index in [4.69, 9.17) is 9.47 Å². The first-order chi connectivity index (χ1) is 13.0. The Balaban J connectivity index is 1.69. The van der Waals surface area contributed by atoms with Crippen LogP contribution in [0.3, 0.4) is 0 Å². The summed E-state index contributed by atoms with van der Waals surface area (Å²) in [5.41, 5.74) is 1.71. The van der Waals surface area contributed by atoms with E-state index in [1.165, 1.54) is 0 Å². The van der Waals surface area contributed by atoms with Gasteiger partial charge in [0.2, 0.25) is 11.8 Å². The molecule has 6 nitrogen and oxygen atoms in total. The monoisotopic (exact) mass is 370 g/mol. The Morgan fingerprint density at radius 1 is 0.963 bits per heavy atom. The van der Waals surface area contributed by atoms with Gasteiger partial charge in [-0.3, -0.25) is 9.59 Å². The van der Waals surface area contributed by atoms with Crippen molar-refractivity contribution in [2.45, 2.75) is 26.8 Å². The molecule has 0 heterocycles. The van der Waals surface area contributed by atoms with Gasteiger partial charge in [0.1, 0.15) is 11.5 Å². The van der Waals surface area contributed by atoms with Gasteiger partial charge in [0, 0.05) is 18.2 Å². The van der Waals surface area contributed by atoms with E-state index in [1.807, 2.05) is 50.2 Å². The number of carbonyl (C=O) groups is 2. The van der Waals surface area contributed by atoms with Gasteiger partial charge in [0.05, 0.1) is 20.1 Å². The van der Waals surface area contributed by atoms with Gasteiger partial charge < -0.3 is 20.1 Å². The van der Waals surface area contributed by atoms with Crippen LogP contribution in [0.4, 0.5) is 5.69 Å². The van der Waals surface area contributed by atoms with Gasteiger partial charge >= 0.3 is 0 Å². The summed E-state index contributed by atoms with van der Waals surface area (Å²) in [5, 5.41) is 5.69. The molecule has 0 saturated heterocycles. The van der Waals surface area contributed by atoms with Crippen LogP contribution in [0, 0.1) is 5.92 Å². The molecular formula is C21H26N2O4. The molecule has 2 rings (SSSR count). The molecule has 0 aliphatic rings. The molecular weight excluding hydrogens is 344 g/mol. The van der Waals surface area contributed by atoms with E-state index in [-0.39, 0.29) is 24.2 Å². The largest absolute Gasteiger partial charge is 0.497 e. The summed E-state index contributed by atoms with van der Waals surface area (Å²) in [6.07, 6.45) is 0.272. The Bertz CT molecular complexity index is 740. The molecule has 0 aliphatic carbocycles. The maximum Gasteiger partial charge on any atom is 0.226 e. The van der Waals surface area contributed by atoms with E-state index in [0.717, 1.165) is 17.0 Å². The average Bonchev–Trinajstić information content (AvgIpc) is 2.68. The summed E-state index contributed by atoms with van der Waals surface area (Å²) in [6.45, 7) is 4.42. The van der Waals surface area contributed by atoms with Crippen molar-refractivity contribution in [3.8, 4) is 11.5 Å². The van der Waals surface area contributed by atoms with Crippen molar-refractivity contribution in [1.29, 1.82) is 0 Å². The van der Waals surface area contributed by atoms with E-state index >= 15 is 0 Å².